The third-order valence-corrected chi connectivity index (χ3v) is 5.68. The number of ether oxygens (including phenoxy) is 2. The molecule has 2 fully saturated rings. The second-order valence-corrected chi connectivity index (χ2v) is 7.34. The van der Waals surface area contributed by atoms with Gasteiger partial charge in [0.2, 0.25) is 0 Å². The summed E-state index contributed by atoms with van der Waals surface area (Å²) < 4.78 is 11.1. The van der Waals surface area contributed by atoms with Crippen molar-refractivity contribution in [2.24, 2.45) is 17.3 Å². The zero-order valence-corrected chi connectivity index (χ0v) is 13.1. The van der Waals surface area contributed by atoms with Crippen molar-refractivity contribution in [3.8, 4) is 0 Å². The number of aldehydes is 1. The van der Waals surface area contributed by atoms with E-state index >= 15 is 0 Å². The van der Waals surface area contributed by atoms with Crippen molar-refractivity contribution in [3.05, 3.63) is 11.6 Å². The van der Waals surface area contributed by atoms with E-state index in [2.05, 4.69) is 19.9 Å². The Morgan fingerprint density at radius 1 is 1.48 bits per heavy atom. The number of fused-ring (bicyclic) bond motifs is 2. The van der Waals surface area contributed by atoms with Gasteiger partial charge >= 0.3 is 5.97 Å². The van der Waals surface area contributed by atoms with Crippen LogP contribution in [0.15, 0.2) is 11.6 Å². The van der Waals surface area contributed by atoms with Crippen LogP contribution in [0.25, 0.3) is 0 Å². The molecular formula is C17H24O4. The Bertz CT molecular complexity index is 493. The monoisotopic (exact) mass is 292 g/mol. The van der Waals surface area contributed by atoms with Crippen LogP contribution in [0.1, 0.15) is 46.5 Å². The molecule has 3 rings (SSSR count). The van der Waals surface area contributed by atoms with E-state index in [9.17, 15) is 9.59 Å². The van der Waals surface area contributed by atoms with Crippen LogP contribution in [0.2, 0.25) is 0 Å². The Morgan fingerprint density at radius 3 is 2.90 bits per heavy atom. The summed E-state index contributed by atoms with van der Waals surface area (Å²) in [6.07, 6.45) is 6.90. The molecule has 0 amide bonds. The molecule has 116 valence electrons. The minimum Gasteiger partial charge on any atom is -0.463 e. The van der Waals surface area contributed by atoms with E-state index in [-0.39, 0.29) is 23.1 Å². The summed E-state index contributed by atoms with van der Waals surface area (Å²) in [6.45, 7) is 6.32. The van der Waals surface area contributed by atoms with Gasteiger partial charge in [-0.15, -0.1) is 0 Å². The summed E-state index contributed by atoms with van der Waals surface area (Å²) in [5.41, 5.74) is 0.876. The second kappa shape index (κ2) is 4.94. The predicted octanol–water partition coefficient (Wildman–Crippen LogP) is 2.66. The first-order valence-corrected chi connectivity index (χ1v) is 7.86. The molecule has 3 aliphatic rings. The summed E-state index contributed by atoms with van der Waals surface area (Å²) in [7, 11) is 0. The number of allylic oxidation sites excluding steroid dienone is 2. The van der Waals surface area contributed by atoms with Gasteiger partial charge in [-0.2, -0.15) is 0 Å². The van der Waals surface area contributed by atoms with E-state index in [1.807, 2.05) is 0 Å². The second-order valence-electron chi connectivity index (χ2n) is 7.34. The molecule has 0 aromatic rings. The van der Waals surface area contributed by atoms with Crippen molar-refractivity contribution in [3.63, 3.8) is 0 Å². The third-order valence-electron chi connectivity index (χ3n) is 5.68. The van der Waals surface area contributed by atoms with Gasteiger partial charge in [0.15, 0.2) is 0 Å². The van der Waals surface area contributed by atoms with Gasteiger partial charge in [0.25, 0.3) is 0 Å². The topological polar surface area (TPSA) is 55.9 Å². The SMILES string of the molecule is CC(=O)OCC12CCC3C(C=C(C=O)CCC1O2)C3(C)C. The molecule has 21 heavy (non-hydrogen) atoms. The van der Waals surface area contributed by atoms with Gasteiger partial charge in [-0.05, 0) is 48.5 Å². The fourth-order valence-electron chi connectivity index (χ4n) is 3.99. The van der Waals surface area contributed by atoms with Gasteiger partial charge < -0.3 is 9.47 Å². The maximum Gasteiger partial charge on any atom is 0.302 e. The Kier molecular flexibility index (Phi) is 3.47. The zero-order valence-electron chi connectivity index (χ0n) is 13.1. The molecule has 4 atom stereocenters. The highest BCUT2D eigenvalue weighted by atomic mass is 16.6. The third kappa shape index (κ3) is 2.66. The molecule has 1 saturated heterocycles. The van der Waals surface area contributed by atoms with Gasteiger partial charge in [-0.1, -0.05) is 19.9 Å². The number of hydrogen-bond donors (Lipinski definition) is 0. The van der Waals surface area contributed by atoms with Crippen LogP contribution in [0.3, 0.4) is 0 Å². The van der Waals surface area contributed by atoms with E-state index in [1.54, 1.807) is 0 Å². The predicted molar refractivity (Wildman–Crippen MR) is 77.6 cm³/mol. The molecule has 1 aliphatic heterocycles. The minimum atomic E-state index is -0.291. The number of esters is 1. The largest absolute Gasteiger partial charge is 0.463 e. The fourth-order valence-corrected chi connectivity index (χ4v) is 3.99. The molecule has 0 N–H and O–H groups in total. The molecule has 0 aromatic heterocycles. The van der Waals surface area contributed by atoms with Gasteiger partial charge in [-0.3, -0.25) is 9.59 Å². The van der Waals surface area contributed by atoms with Crippen LogP contribution >= 0.6 is 0 Å². The Labute approximate surface area is 125 Å². The normalized spacial score (nSPS) is 40.1. The molecule has 1 saturated carbocycles. The van der Waals surface area contributed by atoms with Gasteiger partial charge in [0.05, 0.1) is 6.10 Å². The molecule has 0 aromatic carbocycles. The highest BCUT2D eigenvalue weighted by molar-refractivity contribution is 5.73. The van der Waals surface area contributed by atoms with Crippen LogP contribution in [0, 0.1) is 17.3 Å². The van der Waals surface area contributed by atoms with Gasteiger partial charge in [-0.25, -0.2) is 0 Å². The van der Waals surface area contributed by atoms with Crippen LogP contribution < -0.4 is 0 Å². The average molecular weight is 292 g/mol. The maximum absolute atomic E-state index is 11.2. The number of epoxide rings is 1. The van der Waals surface area contributed by atoms with E-state index < -0.39 is 0 Å². The maximum atomic E-state index is 11.2. The summed E-state index contributed by atoms with van der Waals surface area (Å²) in [5, 5.41) is 0. The molecule has 1 heterocycles. The number of carbonyl (C=O) groups excluding carboxylic acids is 2. The highest BCUT2D eigenvalue weighted by Gasteiger charge is 2.61. The first-order valence-electron chi connectivity index (χ1n) is 7.86. The van der Waals surface area contributed by atoms with Crippen LogP contribution in [-0.4, -0.2) is 30.6 Å². The van der Waals surface area contributed by atoms with Crippen molar-refractivity contribution in [1.29, 1.82) is 0 Å². The molecule has 4 heteroatoms. The minimum absolute atomic E-state index is 0.124. The standard InChI is InChI=1S/C17H24O4/c1-11(19)20-10-17-7-6-13-14(16(13,2)3)8-12(9-18)4-5-15(17)21-17/h8-9,13-15H,4-7,10H2,1-3H3. The fraction of sp³-hybridized carbons (Fsp3) is 0.765. The lowest BCUT2D eigenvalue weighted by Gasteiger charge is -2.14. The molecule has 0 bridgehead atoms. The molecule has 0 radical (unpaired) electrons. The average Bonchev–Trinajstić information content (AvgIpc) is 3.26. The Hall–Kier alpha value is -1.16. The number of carbonyl (C=O) groups is 2. The quantitative estimate of drug-likeness (QED) is 0.456. The first-order chi connectivity index (χ1) is 9.89. The van der Waals surface area contributed by atoms with Crippen LogP contribution in [-0.2, 0) is 19.1 Å². The van der Waals surface area contributed by atoms with Crippen molar-refractivity contribution < 1.29 is 19.1 Å². The van der Waals surface area contributed by atoms with Gasteiger partial charge in [0, 0.05) is 6.92 Å². The molecule has 0 spiro atoms. The summed E-state index contributed by atoms with van der Waals surface area (Å²) >= 11 is 0. The van der Waals surface area contributed by atoms with Crippen molar-refractivity contribution in [1.82, 2.24) is 0 Å². The Balaban J connectivity index is 1.73. The molecule has 4 nitrogen and oxygen atoms in total. The lowest BCUT2D eigenvalue weighted by Crippen LogP contribution is -2.25. The van der Waals surface area contributed by atoms with Crippen LogP contribution in [0.4, 0.5) is 0 Å². The van der Waals surface area contributed by atoms with Crippen molar-refractivity contribution in [2.75, 3.05) is 6.61 Å². The highest BCUT2D eigenvalue weighted by Crippen LogP contribution is 2.63. The molecule has 4 unspecified atom stereocenters. The van der Waals surface area contributed by atoms with E-state index in [1.165, 1.54) is 6.92 Å². The zero-order chi connectivity index (χ0) is 15.3. The number of hydrogen-bond acceptors (Lipinski definition) is 4. The van der Waals surface area contributed by atoms with Crippen molar-refractivity contribution >= 4 is 12.3 Å². The molecule has 2 aliphatic carbocycles. The lowest BCUT2D eigenvalue weighted by atomic mass is 9.92. The van der Waals surface area contributed by atoms with Gasteiger partial charge in [0.1, 0.15) is 18.5 Å². The first kappa shape index (κ1) is 14.8. The summed E-state index contributed by atoms with van der Waals surface area (Å²) in [6, 6.07) is 0. The van der Waals surface area contributed by atoms with E-state index in [0.29, 0.717) is 18.4 Å². The Morgan fingerprint density at radius 2 is 2.24 bits per heavy atom. The van der Waals surface area contributed by atoms with Crippen LogP contribution in [0.5, 0.6) is 0 Å². The van der Waals surface area contributed by atoms with E-state index in [0.717, 1.165) is 37.5 Å². The van der Waals surface area contributed by atoms with E-state index in [4.69, 9.17) is 9.47 Å². The van der Waals surface area contributed by atoms with Crippen molar-refractivity contribution in [2.45, 2.75) is 58.2 Å². The lowest BCUT2D eigenvalue weighted by molar-refractivity contribution is -0.142. The number of rotatable bonds is 3. The smallest absolute Gasteiger partial charge is 0.302 e. The molecular weight excluding hydrogens is 268 g/mol. The summed E-state index contributed by atoms with van der Waals surface area (Å²) in [5.74, 6) is 0.845. The summed E-state index contributed by atoms with van der Waals surface area (Å²) in [4.78, 5) is 22.3.